The van der Waals surface area contributed by atoms with Gasteiger partial charge in [-0.05, 0) is 37.1 Å². The third kappa shape index (κ3) is 3.11. The standard InChI is InChI=1S/C15H18FN3OS/c16-11-3-5-12(6-4-11)21-9-13-18-14(20-19-13)15(10-17)7-1-2-8-15/h3-6H,1-2,7-10,17H2. The van der Waals surface area contributed by atoms with Crippen LogP contribution in [0.15, 0.2) is 33.7 Å². The molecule has 1 aromatic heterocycles. The van der Waals surface area contributed by atoms with Crippen LogP contribution in [0.4, 0.5) is 4.39 Å². The summed E-state index contributed by atoms with van der Waals surface area (Å²) in [5, 5.41) is 4.05. The van der Waals surface area contributed by atoms with Gasteiger partial charge in [0, 0.05) is 11.4 Å². The number of hydrogen-bond acceptors (Lipinski definition) is 5. The Balaban J connectivity index is 1.66. The van der Waals surface area contributed by atoms with Crippen molar-refractivity contribution in [3.05, 3.63) is 41.8 Å². The topological polar surface area (TPSA) is 64.9 Å². The normalized spacial score (nSPS) is 17.2. The number of halogens is 1. The molecule has 0 radical (unpaired) electrons. The molecule has 21 heavy (non-hydrogen) atoms. The van der Waals surface area contributed by atoms with Crippen LogP contribution in [-0.4, -0.2) is 16.7 Å². The Morgan fingerprint density at radius 1 is 1.24 bits per heavy atom. The summed E-state index contributed by atoms with van der Waals surface area (Å²) in [5.41, 5.74) is 5.80. The van der Waals surface area contributed by atoms with Crippen LogP contribution in [0.3, 0.4) is 0 Å². The Bertz CT molecular complexity index is 593. The molecule has 2 aromatic rings. The van der Waals surface area contributed by atoms with Crippen molar-refractivity contribution in [3.8, 4) is 0 Å². The minimum Gasteiger partial charge on any atom is -0.339 e. The molecular weight excluding hydrogens is 289 g/mol. The molecule has 0 amide bonds. The number of benzene rings is 1. The van der Waals surface area contributed by atoms with Gasteiger partial charge in [-0.3, -0.25) is 0 Å². The first-order valence-corrected chi connectivity index (χ1v) is 8.12. The van der Waals surface area contributed by atoms with Gasteiger partial charge >= 0.3 is 0 Å². The van der Waals surface area contributed by atoms with Gasteiger partial charge in [-0.15, -0.1) is 11.8 Å². The highest BCUT2D eigenvalue weighted by Gasteiger charge is 2.39. The summed E-state index contributed by atoms with van der Waals surface area (Å²) in [6.07, 6.45) is 4.38. The van der Waals surface area contributed by atoms with Crippen molar-refractivity contribution in [3.63, 3.8) is 0 Å². The van der Waals surface area contributed by atoms with E-state index in [0.29, 0.717) is 24.0 Å². The van der Waals surface area contributed by atoms with Crippen molar-refractivity contribution in [1.29, 1.82) is 0 Å². The minimum atomic E-state index is -0.229. The molecule has 1 aliphatic carbocycles. The molecule has 112 valence electrons. The van der Waals surface area contributed by atoms with Gasteiger partial charge in [-0.25, -0.2) is 4.39 Å². The summed E-state index contributed by atoms with van der Waals surface area (Å²) in [6.45, 7) is 0.555. The van der Waals surface area contributed by atoms with Crippen molar-refractivity contribution in [2.75, 3.05) is 6.54 Å². The molecule has 1 saturated carbocycles. The Kier molecular flexibility index (Phi) is 4.26. The first kappa shape index (κ1) is 14.5. The smallest absolute Gasteiger partial charge is 0.234 e. The number of aromatic nitrogens is 2. The summed E-state index contributed by atoms with van der Waals surface area (Å²) < 4.78 is 18.3. The van der Waals surface area contributed by atoms with E-state index in [1.807, 2.05) is 0 Å². The van der Waals surface area contributed by atoms with E-state index in [1.54, 1.807) is 23.9 Å². The van der Waals surface area contributed by atoms with Gasteiger partial charge < -0.3 is 10.3 Å². The SMILES string of the molecule is NCC1(c2nc(CSc3ccc(F)cc3)no2)CCCC1. The molecule has 1 aromatic carbocycles. The van der Waals surface area contributed by atoms with Gasteiger partial charge in [0.15, 0.2) is 5.82 Å². The lowest BCUT2D eigenvalue weighted by Gasteiger charge is -2.21. The van der Waals surface area contributed by atoms with Crippen LogP contribution < -0.4 is 5.73 Å². The highest BCUT2D eigenvalue weighted by molar-refractivity contribution is 7.98. The predicted molar refractivity (Wildman–Crippen MR) is 79.5 cm³/mol. The van der Waals surface area contributed by atoms with Crippen molar-refractivity contribution in [2.24, 2.45) is 5.73 Å². The van der Waals surface area contributed by atoms with Gasteiger partial charge in [0.1, 0.15) is 5.82 Å². The number of rotatable bonds is 5. The van der Waals surface area contributed by atoms with Crippen molar-refractivity contribution < 1.29 is 8.91 Å². The molecule has 0 atom stereocenters. The summed E-state index contributed by atoms with van der Waals surface area (Å²) in [6, 6.07) is 6.40. The maximum Gasteiger partial charge on any atom is 0.234 e. The molecule has 3 rings (SSSR count). The van der Waals surface area contributed by atoms with Crippen LogP contribution in [0.5, 0.6) is 0 Å². The minimum absolute atomic E-state index is 0.119. The second kappa shape index (κ2) is 6.15. The zero-order valence-corrected chi connectivity index (χ0v) is 12.5. The fourth-order valence-electron chi connectivity index (χ4n) is 2.76. The molecule has 1 aliphatic rings. The lowest BCUT2D eigenvalue weighted by Crippen LogP contribution is -2.32. The fraction of sp³-hybridized carbons (Fsp3) is 0.467. The maximum atomic E-state index is 12.8. The van der Waals surface area contributed by atoms with Crippen LogP contribution in [0.25, 0.3) is 0 Å². The van der Waals surface area contributed by atoms with E-state index >= 15 is 0 Å². The van der Waals surface area contributed by atoms with E-state index in [-0.39, 0.29) is 11.2 Å². The fourth-order valence-corrected chi connectivity index (χ4v) is 3.51. The largest absolute Gasteiger partial charge is 0.339 e. The van der Waals surface area contributed by atoms with E-state index in [4.69, 9.17) is 10.3 Å². The van der Waals surface area contributed by atoms with Gasteiger partial charge in [0.25, 0.3) is 0 Å². The zero-order chi connectivity index (χ0) is 14.7. The lowest BCUT2D eigenvalue weighted by molar-refractivity contribution is 0.283. The molecule has 0 bridgehead atoms. The zero-order valence-electron chi connectivity index (χ0n) is 11.7. The van der Waals surface area contributed by atoms with E-state index in [1.165, 1.54) is 25.0 Å². The molecule has 0 aliphatic heterocycles. The Morgan fingerprint density at radius 3 is 2.62 bits per heavy atom. The average Bonchev–Trinajstić information content (AvgIpc) is 3.16. The summed E-state index contributed by atoms with van der Waals surface area (Å²) in [4.78, 5) is 5.50. The Hall–Kier alpha value is -1.40. The Morgan fingerprint density at radius 2 is 1.95 bits per heavy atom. The van der Waals surface area contributed by atoms with E-state index in [0.717, 1.165) is 17.7 Å². The number of nitrogens with two attached hydrogens (primary N) is 1. The molecule has 0 spiro atoms. The summed E-state index contributed by atoms with van der Waals surface area (Å²) >= 11 is 1.56. The summed E-state index contributed by atoms with van der Waals surface area (Å²) in [5.74, 6) is 1.72. The highest BCUT2D eigenvalue weighted by atomic mass is 32.2. The van der Waals surface area contributed by atoms with E-state index in [2.05, 4.69) is 10.1 Å². The number of thioether (sulfide) groups is 1. The van der Waals surface area contributed by atoms with Crippen LogP contribution in [-0.2, 0) is 11.2 Å². The molecule has 1 heterocycles. The van der Waals surface area contributed by atoms with Crippen LogP contribution in [0.2, 0.25) is 0 Å². The molecule has 0 unspecified atom stereocenters. The summed E-state index contributed by atoms with van der Waals surface area (Å²) in [7, 11) is 0. The van der Waals surface area contributed by atoms with Crippen molar-refractivity contribution in [2.45, 2.75) is 41.7 Å². The average molecular weight is 307 g/mol. The van der Waals surface area contributed by atoms with E-state index < -0.39 is 0 Å². The van der Waals surface area contributed by atoms with Crippen LogP contribution in [0.1, 0.15) is 37.4 Å². The molecule has 6 heteroatoms. The number of hydrogen-bond donors (Lipinski definition) is 1. The highest BCUT2D eigenvalue weighted by Crippen LogP contribution is 2.39. The molecule has 0 saturated heterocycles. The number of nitrogens with zero attached hydrogens (tertiary/aromatic N) is 2. The van der Waals surface area contributed by atoms with E-state index in [9.17, 15) is 4.39 Å². The predicted octanol–water partition coefficient (Wildman–Crippen LogP) is 3.27. The lowest BCUT2D eigenvalue weighted by atomic mass is 9.86. The van der Waals surface area contributed by atoms with Gasteiger partial charge in [-0.2, -0.15) is 4.98 Å². The first-order chi connectivity index (χ1) is 10.2. The van der Waals surface area contributed by atoms with Crippen LogP contribution >= 0.6 is 11.8 Å². The monoisotopic (exact) mass is 307 g/mol. The Labute approximate surface area is 127 Å². The maximum absolute atomic E-state index is 12.8. The first-order valence-electron chi connectivity index (χ1n) is 7.13. The van der Waals surface area contributed by atoms with Gasteiger partial charge in [-0.1, -0.05) is 18.0 Å². The van der Waals surface area contributed by atoms with Crippen molar-refractivity contribution >= 4 is 11.8 Å². The van der Waals surface area contributed by atoms with Crippen molar-refractivity contribution in [1.82, 2.24) is 10.1 Å². The quantitative estimate of drug-likeness (QED) is 0.859. The third-order valence-corrected chi connectivity index (χ3v) is 5.06. The van der Waals surface area contributed by atoms with Crippen LogP contribution in [0, 0.1) is 5.82 Å². The molecule has 1 fully saturated rings. The second-order valence-corrected chi connectivity index (χ2v) is 6.50. The molecule has 2 N–H and O–H groups in total. The molecular formula is C15H18FN3OS. The van der Waals surface area contributed by atoms with Gasteiger partial charge in [0.05, 0.1) is 11.2 Å². The van der Waals surface area contributed by atoms with Gasteiger partial charge in [0.2, 0.25) is 5.89 Å². The second-order valence-electron chi connectivity index (χ2n) is 5.45. The molecule has 4 nitrogen and oxygen atoms in total. The third-order valence-electron chi connectivity index (χ3n) is 4.05.